The molecule has 102 valence electrons. The average Bonchev–Trinajstić information content (AvgIpc) is 2.38. The van der Waals surface area contributed by atoms with Crippen LogP contribution in [0.2, 0.25) is 0 Å². The summed E-state index contributed by atoms with van der Waals surface area (Å²) in [4.78, 5) is 24.8. The van der Waals surface area contributed by atoms with Gasteiger partial charge in [0.1, 0.15) is 6.29 Å². The van der Waals surface area contributed by atoms with Crippen molar-refractivity contribution in [3.05, 3.63) is 17.7 Å². The Kier molecular flexibility index (Phi) is 3.46. The number of methoxy groups -OCH3 is 1. The van der Waals surface area contributed by atoms with E-state index >= 15 is 0 Å². The largest absolute Gasteiger partial charge is 0.493 e. The Morgan fingerprint density at radius 2 is 2.11 bits per heavy atom. The Balaban J connectivity index is 2.66. The third-order valence-corrected chi connectivity index (χ3v) is 3.07. The van der Waals surface area contributed by atoms with Crippen LogP contribution in [0.3, 0.4) is 0 Å². The second-order valence-electron chi connectivity index (χ2n) is 4.75. The Morgan fingerprint density at radius 1 is 1.42 bits per heavy atom. The summed E-state index contributed by atoms with van der Waals surface area (Å²) in [5.74, 6) is 0.853. The quantitative estimate of drug-likeness (QED) is 0.783. The fourth-order valence-corrected chi connectivity index (χ4v) is 2.20. The lowest BCUT2D eigenvalue weighted by Crippen LogP contribution is -2.48. The number of aldehydes is 1. The van der Waals surface area contributed by atoms with Crippen LogP contribution in [0, 0.1) is 0 Å². The molecule has 2 rings (SSSR count). The summed E-state index contributed by atoms with van der Waals surface area (Å²) < 4.78 is 10.9. The Labute approximate surface area is 112 Å². The summed E-state index contributed by atoms with van der Waals surface area (Å²) in [6.45, 7) is 5.54. The van der Waals surface area contributed by atoms with E-state index in [0.29, 0.717) is 22.7 Å². The molecule has 0 saturated heterocycles. The van der Waals surface area contributed by atoms with E-state index in [4.69, 9.17) is 9.47 Å². The molecular weight excluding hydrogens is 246 g/mol. The van der Waals surface area contributed by atoms with Gasteiger partial charge in [0.05, 0.1) is 12.8 Å². The predicted octanol–water partition coefficient (Wildman–Crippen LogP) is 2.03. The van der Waals surface area contributed by atoms with Gasteiger partial charge in [-0.1, -0.05) is 0 Å². The number of rotatable bonds is 3. The second kappa shape index (κ2) is 4.91. The van der Waals surface area contributed by atoms with Gasteiger partial charge in [-0.05, 0) is 32.9 Å². The monoisotopic (exact) mass is 263 g/mol. The van der Waals surface area contributed by atoms with Crippen molar-refractivity contribution in [2.45, 2.75) is 32.9 Å². The van der Waals surface area contributed by atoms with E-state index in [1.165, 1.54) is 7.11 Å². The zero-order chi connectivity index (χ0) is 14.2. The van der Waals surface area contributed by atoms with Crippen molar-refractivity contribution in [1.29, 1.82) is 0 Å². The van der Waals surface area contributed by atoms with Crippen molar-refractivity contribution < 1.29 is 19.1 Å². The minimum absolute atomic E-state index is 0.0239. The summed E-state index contributed by atoms with van der Waals surface area (Å²) in [5.41, 5.74) is 1.03. The number of anilines is 1. The van der Waals surface area contributed by atoms with Crippen LogP contribution in [0.15, 0.2) is 12.1 Å². The van der Waals surface area contributed by atoms with E-state index in [-0.39, 0.29) is 11.9 Å². The zero-order valence-corrected chi connectivity index (χ0v) is 11.5. The minimum Gasteiger partial charge on any atom is -0.493 e. The Hall–Kier alpha value is -2.04. The molecule has 1 aliphatic rings. The maximum atomic E-state index is 12.2. The van der Waals surface area contributed by atoms with E-state index in [9.17, 15) is 9.59 Å². The van der Waals surface area contributed by atoms with Crippen molar-refractivity contribution in [3.8, 4) is 11.5 Å². The highest BCUT2D eigenvalue weighted by molar-refractivity contribution is 6.01. The molecule has 0 radical (unpaired) electrons. The lowest BCUT2D eigenvalue weighted by Gasteiger charge is -2.36. The molecule has 0 aliphatic carbocycles. The second-order valence-corrected chi connectivity index (χ2v) is 4.75. The van der Waals surface area contributed by atoms with Crippen LogP contribution in [0.25, 0.3) is 0 Å². The minimum atomic E-state index is -0.564. The number of fused-ring (bicyclic) bond motifs is 1. The number of amides is 1. The molecule has 0 bridgehead atoms. The summed E-state index contributed by atoms with van der Waals surface area (Å²) >= 11 is 0. The van der Waals surface area contributed by atoms with Gasteiger partial charge in [-0.25, -0.2) is 0 Å². The highest BCUT2D eigenvalue weighted by Gasteiger charge is 2.35. The molecule has 1 aromatic rings. The van der Waals surface area contributed by atoms with Gasteiger partial charge in [-0.2, -0.15) is 0 Å². The SMILES string of the molecule is COc1cc(C=O)cc2c1OC(C)C(=O)N2C(C)C. The maximum Gasteiger partial charge on any atom is 0.268 e. The fourth-order valence-electron chi connectivity index (χ4n) is 2.20. The topological polar surface area (TPSA) is 55.8 Å². The van der Waals surface area contributed by atoms with Crippen molar-refractivity contribution in [1.82, 2.24) is 0 Å². The van der Waals surface area contributed by atoms with Gasteiger partial charge in [0.25, 0.3) is 5.91 Å². The van der Waals surface area contributed by atoms with E-state index in [0.717, 1.165) is 6.29 Å². The van der Waals surface area contributed by atoms with Gasteiger partial charge < -0.3 is 14.4 Å². The van der Waals surface area contributed by atoms with Crippen LogP contribution in [0.4, 0.5) is 5.69 Å². The van der Waals surface area contributed by atoms with Crippen molar-refractivity contribution in [2.24, 2.45) is 0 Å². The molecule has 1 atom stereocenters. The van der Waals surface area contributed by atoms with E-state index in [1.807, 2.05) is 13.8 Å². The molecule has 0 fully saturated rings. The molecular formula is C14H17NO4. The van der Waals surface area contributed by atoms with Crippen LogP contribution in [0.5, 0.6) is 11.5 Å². The molecule has 5 nitrogen and oxygen atoms in total. The molecule has 1 aromatic carbocycles. The third-order valence-electron chi connectivity index (χ3n) is 3.07. The summed E-state index contributed by atoms with van der Waals surface area (Å²) in [5, 5.41) is 0. The first kappa shape index (κ1) is 13.4. The van der Waals surface area contributed by atoms with Gasteiger partial charge in [-0.3, -0.25) is 9.59 Å². The standard InChI is InChI=1S/C14H17NO4/c1-8(2)15-11-5-10(7-16)6-12(18-4)13(11)19-9(3)14(15)17/h5-9H,1-4H3. The highest BCUT2D eigenvalue weighted by Crippen LogP contribution is 2.43. The van der Waals surface area contributed by atoms with Gasteiger partial charge in [-0.15, -0.1) is 0 Å². The van der Waals surface area contributed by atoms with Crippen molar-refractivity contribution >= 4 is 17.9 Å². The number of hydrogen-bond donors (Lipinski definition) is 0. The van der Waals surface area contributed by atoms with Gasteiger partial charge >= 0.3 is 0 Å². The van der Waals surface area contributed by atoms with Crippen LogP contribution in [-0.4, -0.2) is 31.4 Å². The van der Waals surface area contributed by atoms with Gasteiger partial charge in [0, 0.05) is 11.6 Å². The number of nitrogens with zero attached hydrogens (tertiary/aromatic N) is 1. The molecule has 1 unspecified atom stereocenters. The molecule has 5 heteroatoms. The molecule has 0 aromatic heterocycles. The number of ether oxygens (including phenoxy) is 2. The van der Waals surface area contributed by atoms with Crippen molar-refractivity contribution in [3.63, 3.8) is 0 Å². The van der Waals surface area contributed by atoms with Gasteiger partial charge in [0.2, 0.25) is 0 Å². The Bertz CT molecular complexity index is 524. The first-order valence-corrected chi connectivity index (χ1v) is 6.16. The fraction of sp³-hybridized carbons (Fsp3) is 0.429. The summed E-state index contributed by atoms with van der Waals surface area (Å²) in [6, 6.07) is 3.23. The predicted molar refractivity (Wildman–Crippen MR) is 71.1 cm³/mol. The molecule has 1 amide bonds. The Morgan fingerprint density at radius 3 is 2.63 bits per heavy atom. The number of hydrogen-bond acceptors (Lipinski definition) is 4. The molecule has 1 aliphatic heterocycles. The maximum absolute atomic E-state index is 12.2. The van der Waals surface area contributed by atoms with E-state index < -0.39 is 6.10 Å². The highest BCUT2D eigenvalue weighted by atomic mass is 16.5. The zero-order valence-electron chi connectivity index (χ0n) is 11.5. The normalized spacial score (nSPS) is 18.1. The molecule has 0 spiro atoms. The number of carbonyl (C=O) groups is 2. The number of benzene rings is 1. The smallest absolute Gasteiger partial charge is 0.268 e. The lowest BCUT2D eigenvalue weighted by molar-refractivity contribution is -0.126. The average molecular weight is 263 g/mol. The van der Waals surface area contributed by atoms with E-state index in [1.54, 1.807) is 24.0 Å². The first-order chi connectivity index (χ1) is 8.99. The van der Waals surface area contributed by atoms with Crippen LogP contribution < -0.4 is 14.4 Å². The lowest BCUT2D eigenvalue weighted by atomic mass is 10.1. The van der Waals surface area contributed by atoms with Gasteiger partial charge in [0.15, 0.2) is 17.6 Å². The number of carbonyl (C=O) groups excluding carboxylic acids is 2. The molecule has 0 saturated carbocycles. The third kappa shape index (κ3) is 2.16. The molecule has 0 N–H and O–H groups in total. The molecule has 1 heterocycles. The van der Waals surface area contributed by atoms with Crippen LogP contribution in [0.1, 0.15) is 31.1 Å². The van der Waals surface area contributed by atoms with Crippen LogP contribution >= 0.6 is 0 Å². The summed E-state index contributed by atoms with van der Waals surface area (Å²) in [6.07, 6.45) is 0.162. The van der Waals surface area contributed by atoms with Crippen LogP contribution in [-0.2, 0) is 4.79 Å². The summed E-state index contributed by atoms with van der Waals surface area (Å²) in [7, 11) is 1.51. The molecule has 19 heavy (non-hydrogen) atoms. The van der Waals surface area contributed by atoms with Crippen molar-refractivity contribution in [2.75, 3.05) is 12.0 Å². The first-order valence-electron chi connectivity index (χ1n) is 6.16. The van der Waals surface area contributed by atoms with E-state index in [2.05, 4.69) is 0 Å².